The molecule has 0 aliphatic carbocycles. The normalized spacial score (nSPS) is 17.0. The van der Waals surface area contributed by atoms with E-state index in [1.807, 2.05) is 0 Å². The van der Waals surface area contributed by atoms with Gasteiger partial charge in [0.2, 0.25) is 0 Å². The monoisotopic (exact) mass is 372 g/mol. The van der Waals surface area contributed by atoms with Gasteiger partial charge in [-0.1, -0.05) is 79.1 Å². The first kappa shape index (κ1) is 24.4. The van der Waals surface area contributed by atoms with Gasteiger partial charge in [0.15, 0.2) is 0 Å². The summed E-state index contributed by atoms with van der Waals surface area (Å²) in [6, 6.07) is 0. The first-order chi connectivity index (χ1) is 11.9. The Hall–Kier alpha value is -0.560. The van der Waals surface area contributed by atoms with Crippen molar-refractivity contribution in [3.63, 3.8) is 0 Å². The molecule has 0 N–H and O–H groups in total. The average molecular weight is 373 g/mol. The molecule has 2 atom stereocenters. The van der Waals surface area contributed by atoms with E-state index in [0.29, 0.717) is 17.4 Å². The summed E-state index contributed by atoms with van der Waals surface area (Å²) in [4.78, 5) is 11.8. The molecule has 4 heteroatoms. The van der Waals surface area contributed by atoms with Crippen LogP contribution in [0.4, 0.5) is 0 Å². The van der Waals surface area contributed by atoms with Crippen LogP contribution in [-0.4, -0.2) is 25.4 Å². The molecule has 0 aromatic carbocycles. The SMILES string of the molecule is CCCCC(CC)CP(=O)(C=C(C)C(=O)OC)CC(CC)CCCC. The molecule has 0 aliphatic rings. The summed E-state index contributed by atoms with van der Waals surface area (Å²) in [6.45, 7) is 10.5. The topological polar surface area (TPSA) is 43.4 Å². The van der Waals surface area contributed by atoms with Gasteiger partial charge in [-0.3, -0.25) is 0 Å². The largest absolute Gasteiger partial charge is 0.466 e. The van der Waals surface area contributed by atoms with Gasteiger partial charge in [-0.2, -0.15) is 0 Å². The van der Waals surface area contributed by atoms with Gasteiger partial charge in [-0.25, -0.2) is 4.79 Å². The van der Waals surface area contributed by atoms with E-state index in [4.69, 9.17) is 4.74 Å². The maximum absolute atomic E-state index is 13.8. The number of carbonyl (C=O) groups excluding carboxylic acids is 1. The van der Waals surface area contributed by atoms with Crippen molar-refractivity contribution >= 4 is 13.1 Å². The zero-order chi connectivity index (χ0) is 19.3. The summed E-state index contributed by atoms with van der Waals surface area (Å²) in [5.41, 5.74) is 0.501. The molecular formula is C21H41O3P. The molecular weight excluding hydrogens is 331 g/mol. The minimum Gasteiger partial charge on any atom is -0.466 e. The molecule has 0 radical (unpaired) electrons. The third kappa shape index (κ3) is 10.2. The first-order valence-corrected chi connectivity index (χ1v) is 12.4. The van der Waals surface area contributed by atoms with Crippen LogP contribution in [0.3, 0.4) is 0 Å². The van der Waals surface area contributed by atoms with Gasteiger partial charge in [0.1, 0.15) is 7.14 Å². The lowest BCUT2D eigenvalue weighted by molar-refractivity contribution is -0.136. The molecule has 0 aliphatic heterocycles. The Morgan fingerprint density at radius 3 is 1.72 bits per heavy atom. The third-order valence-electron chi connectivity index (χ3n) is 5.16. The highest BCUT2D eigenvalue weighted by Crippen LogP contribution is 2.53. The Labute approximate surface area is 156 Å². The van der Waals surface area contributed by atoms with E-state index in [-0.39, 0.29) is 5.97 Å². The van der Waals surface area contributed by atoms with Crippen molar-refractivity contribution in [3.05, 3.63) is 11.4 Å². The van der Waals surface area contributed by atoms with Crippen LogP contribution in [0.25, 0.3) is 0 Å². The van der Waals surface area contributed by atoms with Gasteiger partial charge >= 0.3 is 5.97 Å². The summed E-state index contributed by atoms with van der Waals surface area (Å²) < 4.78 is 18.6. The predicted octanol–water partition coefficient (Wildman–Crippen LogP) is 6.86. The second-order valence-corrected chi connectivity index (χ2v) is 10.3. The minimum absolute atomic E-state index is 0.358. The zero-order valence-corrected chi connectivity index (χ0v) is 18.4. The molecule has 0 spiro atoms. The van der Waals surface area contributed by atoms with Crippen LogP contribution in [0, 0.1) is 11.8 Å². The Kier molecular flexibility index (Phi) is 13.3. The van der Waals surface area contributed by atoms with Crippen LogP contribution < -0.4 is 0 Å². The lowest BCUT2D eigenvalue weighted by atomic mass is 10.0. The molecule has 0 bridgehead atoms. The zero-order valence-electron chi connectivity index (χ0n) is 17.5. The van der Waals surface area contributed by atoms with Crippen molar-refractivity contribution < 1.29 is 14.1 Å². The van der Waals surface area contributed by atoms with Gasteiger partial charge in [0.25, 0.3) is 0 Å². The number of unbranched alkanes of at least 4 members (excludes halogenated alkanes) is 2. The summed E-state index contributed by atoms with van der Waals surface area (Å²) >= 11 is 0. The van der Waals surface area contributed by atoms with Crippen molar-refractivity contribution in [2.75, 3.05) is 19.4 Å². The van der Waals surface area contributed by atoms with E-state index in [9.17, 15) is 9.36 Å². The van der Waals surface area contributed by atoms with Crippen LogP contribution in [0.15, 0.2) is 11.4 Å². The van der Waals surface area contributed by atoms with Crippen LogP contribution in [0.5, 0.6) is 0 Å². The maximum Gasteiger partial charge on any atom is 0.333 e. The molecule has 0 fully saturated rings. The molecule has 148 valence electrons. The highest BCUT2D eigenvalue weighted by Gasteiger charge is 2.28. The van der Waals surface area contributed by atoms with Crippen LogP contribution >= 0.6 is 7.14 Å². The van der Waals surface area contributed by atoms with Gasteiger partial charge in [0.05, 0.1) is 7.11 Å². The number of rotatable bonds is 14. The van der Waals surface area contributed by atoms with Crippen molar-refractivity contribution in [3.8, 4) is 0 Å². The van der Waals surface area contributed by atoms with E-state index >= 15 is 0 Å². The van der Waals surface area contributed by atoms with Gasteiger partial charge in [-0.15, -0.1) is 0 Å². The summed E-state index contributed by atoms with van der Waals surface area (Å²) in [6.07, 6.45) is 10.6. The number of ether oxygens (including phenoxy) is 1. The Morgan fingerprint density at radius 2 is 1.40 bits per heavy atom. The standard InChI is InChI=1S/C21H41O3P/c1-7-11-13-19(9-3)16-25(23,15-18(5)21(22)24-6)17-20(10-4)14-12-8-2/h15,19-20H,7-14,16-17H2,1-6H3. The molecule has 0 aromatic heterocycles. The average Bonchev–Trinajstić information content (AvgIpc) is 2.61. The smallest absolute Gasteiger partial charge is 0.333 e. The minimum atomic E-state index is -2.53. The quantitative estimate of drug-likeness (QED) is 0.190. The highest BCUT2D eigenvalue weighted by atomic mass is 31.2. The second-order valence-electron chi connectivity index (χ2n) is 7.45. The van der Waals surface area contributed by atoms with Gasteiger partial charge in [0, 0.05) is 17.9 Å². The third-order valence-corrected chi connectivity index (χ3v) is 8.28. The predicted molar refractivity (Wildman–Crippen MR) is 110 cm³/mol. The van der Waals surface area contributed by atoms with E-state index in [2.05, 4.69) is 27.7 Å². The fraction of sp³-hybridized carbons (Fsp3) is 0.857. The number of carbonyl (C=O) groups is 1. The lowest BCUT2D eigenvalue weighted by Crippen LogP contribution is -2.13. The van der Waals surface area contributed by atoms with E-state index < -0.39 is 7.14 Å². The molecule has 0 saturated carbocycles. The molecule has 0 amide bonds. The summed E-state index contributed by atoms with van der Waals surface area (Å²) in [5.74, 6) is 2.39. The Morgan fingerprint density at radius 1 is 0.960 bits per heavy atom. The number of esters is 1. The van der Waals surface area contributed by atoms with Gasteiger partial charge < -0.3 is 9.30 Å². The van der Waals surface area contributed by atoms with Crippen LogP contribution in [-0.2, 0) is 14.1 Å². The Balaban J connectivity index is 5.39. The fourth-order valence-corrected chi connectivity index (χ4v) is 7.26. The molecule has 0 heterocycles. The van der Waals surface area contributed by atoms with Crippen LogP contribution in [0.1, 0.15) is 86.0 Å². The molecule has 0 rings (SSSR count). The van der Waals surface area contributed by atoms with E-state index in [1.165, 1.54) is 32.8 Å². The van der Waals surface area contributed by atoms with Crippen molar-refractivity contribution in [2.45, 2.75) is 86.0 Å². The Bertz CT molecular complexity index is 420. The van der Waals surface area contributed by atoms with Crippen molar-refractivity contribution in [2.24, 2.45) is 11.8 Å². The molecule has 0 saturated heterocycles. The second kappa shape index (κ2) is 13.6. The number of hydrogen-bond acceptors (Lipinski definition) is 3. The number of methoxy groups -OCH3 is 1. The molecule has 3 nitrogen and oxygen atoms in total. The van der Waals surface area contributed by atoms with Crippen LogP contribution in [0.2, 0.25) is 0 Å². The fourth-order valence-electron chi connectivity index (χ4n) is 3.46. The number of hydrogen-bond donors (Lipinski definition) is 0. The van der Waals surface area contributed by atoms with Crippen molar-refractivity contribution in [1.82, 2.24) is 0 Å². The van der Waals surface area contributed by atoms with Gasteiger partial charge in [-0.05, 0) is 24.6 Å². The molecule has 0 aromatic rings. The molecule has 25 heavy (non-hydrogen) atoms. The maximum atomic E-state index is 13.8. The van der Waals surface area contributed by atoms with E-state index in [0.717, 1.165) is 38.0 Å². The summed E-state index contributed by atoms with van der Waals surface area (Å²) in [5, 5.41) is 0. The van der Waals surface area contributed by atoms with Crippen molar-refractivity contribution in [1.29, 1.82) is 0 Å². The molecule has 2 unspecified atom stereocenters. The van der Waals surface area contributed by atoms with E-state index in [1.54, 1.807) is 12.7 Å². The summed E-state index contributed by atoms with van der Waals surface area (Å²) in [7, 11) is -1.15. The highest BCUT2D eigenvalue weighted by molar-refractivity contribution is 7.67. The first-order valence-electron chi connectivity index (χ1n) is 10.2. The lowest BCUT2D eigenvalue weighted by Gasteiger charge is -2.25.